The predicted octanol–water partition coefficient (Wildman–Crippen LogP) is 4.55. The van der Waals surface area contributed by atoms with Crippen LogP contribution in [0.4, 0.5) is 4.39 Å². The van der Waals surface area contributed by atoms with E-state index in [-0.39, 0.29) is 11.8 Å². The van der Waals surface area contributed by atoms with Crippen LogP contribution < -0.4 is 4.74 Å². The Morgan fingerprint density at radius 3 is 2.57 bits per heavy atom. The molecule has 0 saturated heterocycles. The van der Waals surface area contributed by atoms with Gasteiger partial charge in [-0.3, -0.25) is 4.79 Å². The molecule has 0 radical (unpaired) electrons. The van der Waals surface area contributed by atoms with E-state index in [2.05, 4.69) is 0 Å². The third-order valence-electron chi connectivity index (χ3n) is 3.22. The number of methoxy groups -OCH3 is 1. The van der Waals surface area contributed by atoms with Gasteiger partial charge < -0.3 is 9.47 Å². The van der Waals surface area contributed by atoms with E-state index in [0.717, 1.165) is 10.5 Å². The normalized spacial score (nSPS) is 10.4. The summed E-state index contributed by atoms with van der Waals surface area (Å²) in [4.78, 5) is 12.3. The maximum atomic E-state index is 14.1. The van der Waals surface area contributed by atoms with Crippen LogP contribution >= 0.6 is 11.8 Å². The number of hydrogen-bond donors (Lipinski definition) is 0. The molecule has 2 aromatic rings. The lowest BCUT2D eigenvalue weighted by Crippen LogP contribution is -2.04. The molecule has 0 unspecified atom stereocenters. The van der Waals surface area contributed by atoms with Gasteiger partial charge >= 0.3 is 5.97 Å². The van der Waals surface area contributed by atoms with E-state index in [4.69, 9.17) is 9.47 Å². The highest BCUT2D eigenvalue weighted by atomic mass is 32.2. The van der Waals surface area contributed by atoms with Gasteiger partial charge in [0.05, 0.1) is 25.0 Å². The lowest BCUT2D eigenvalue weighted by molar-refractivity contribution is -0.142. The minimum atomic E-state index is -0.284. The molecule has 23 heavy (non-hydrogen) atoms. The quantitative estimate of drug-likeness (QED) is 0.550. The van der Waals surface area contributed by atoms with Crippen LogP contribution in [-0.4, -0.2) is 25.4 Å². The van der Waals surface area contributed by atoms with Crippen LogP contribution in [0.3, 0.4) is 0 Å². The molecule has 5 heteroatoms. The molecule has 2 aromatic carbocycles. The minimum absolute atomic E-state index is 0.234. The number of halogens is 1. The van der Waals surface area contributed by atoms with E-state index in [9.17, 15) is 9.18 Å². The smallest absolute Gasteiger partial charge is 0.306 e. The highest BCUT2D eigenvalue weighted by molar-refractivity contribution is 7.99. The summed E-state index contributed by atoms with van der Waals surface area (Å²) in [7, 11) is 1.58. The molecular weight excluding hydrogens is 315 g/mol. The maximum absolute atomic E-state index is 14.1. The molecule has 2 rings (SSSR count). The van der Waals surface area contributed by atoms with Crippen LogP contribution in [0, 0.1) is 5.82 Å². The number of hydrogen-bond acceptors (Lipinski definition) is 4. The maximum Gasteiger partial charge on any atom is 0.306 e. The van der Waals surface area contributed by atoms with Crippen molar-refractivity contribution in [1.82, 2.24) is 0 Å². The third-order valence-corrected chi connectivity index (χ3v) is 4.34. The summed E-state index contributed by atoms with van der Waals surface area (Å²) in [5.74, 6) is 0.690. The van der Waals surface area contributed by atoms with Crippen molar-refractivity contribution in [2.24, 2.45) is 0 Å². The van der Waals surface area contributed by atoms with Gasteiger partial charge in [0, 0.05) is 16.9 Å². The Hall–Kier alpha value is -2.01. The fourth-order valence-corrected chi connectivity index (χ4v) is 3.29. The number of benzene rings is 2. The summed E-state index contributed by atoms with van der Waals surface area (Å²) in [6.07, 6.45) is 0.299. The van der Waals surface area contributed by atoms with E-state index in [1.807, 2.05) is 18.2 Å². The zero-order chi connectivity index (χ0) is 16.7. The van der Waals surface area contributed by atoms with Crippen LogP contribution in [0.1, 0.15) is 13.3 Å². The SMILES string of the molecule is CCOC(=O)CCSc1c(OC)cccc1-c1ccccc1F. The highest BCUT2D eigenvalue weighted by Gasteiger charge is 2.15. The molecule has 0 aliphatic heterocycles. The van der Waals surface area contributed by atoms with E-state index in [0.29, 0.717) is 30.1 Å². The Morgan fingerprint density at radius 1 is 1.13 bits per heavy atom. The second kappa shape index (κ2) is 8.58. The minimum Gasteiger partial charge on any atom is -0.496 e. The largest absolute Gasteiger partial charge is 0.496 e. The topological polar surface area (TPSA) is 35.5 Å². The van der Waals surface area contributed by atoms with Gasteiger partial charge in [-0.1, -0.05) is 30.3 Å². The van der Waals surface area contributed by atoms with Gasteiger partial charge in [0.1, 0.15) is 11.6 Å². The number of carbonyl (C=O) groups excluding carboxylic acids is 1. The summed E-state index contributed by atoms with van der Waals surface area (Å²) < 4.78 is 24.4. The molecule has 0 bridgehead atoms. The van der Waals surface area contributed by atoms with Crippen molar-refractivity contribution in [3.63, 3.8) is 0 Å². The first kappa shape index (κ1) is 17.3. The Balaban J connectivity index is 2.26. The van der Waals surface area contributed by atoms with Crippen molar-refractivity contribution < 1.29 is 18.7 Å². The van der Waals surface area contributed by atoms with Gasteiger partial charge in [-0.15, -0.1) is 11.8 Å². The monoisotopic (exact) mass is 334 g/mol. The number of ether oxygens (including phenoxy) is 2. The molecule has 0 amide bonds. The summed E-state index contributed by atoms with van der Waals surface area (Å²) >= 11 is 1.46. The molecule has 0 atom stereocenters. The van der Waals surface area contributed by atoms with Crippen molar-refractivity contribution >= 4 is 17.7 Å². The molecule has 0 aromatic heterocycles. The first-order valence-corrected chi connectivity index (χ1v) is 8.36. The van der Waals surface area contributed by atoms with Gasteiger partial charge in [-0.2, -0.15) is 0 Å². The summed E-state index contributed by atoms with van der Waals surface area (Å²) in [5.41, 5.74) is 1.28. The van der Waals surface area contributed by atoms with Crippen LogP contribution in [0.15, 0.2) is 47.4 Å². The first-order chi connectivity index (χ1) is 11.2. The molecular formula is C18H19FO3S. The van der Waals surface area contributed by atoms with E-state index < -0.39 is 0 Å². The summed E-state index contributed by atoms with van der Waals surface area (Å²) in [5, 5.41) is 0. The Bertz CT molecular complexity index is 673. The molecule has 0 N–H and O–H groups in total. The van der Waals surface area contributed by atoms with E-state index in [1.165, 1.54) is 17.8 Å². The van der Waals surface area contributed by atoms with Gasteiger partial charge in [0.25, 0.3) is 0 Å². The summed E-state index contributed by atoms with van der Waals surface area (Å²) in [6.45, 7) is 2.15. The fraction of sp³-hybridized carbons (Fsp3) is 0.278. The standard InChI is InChI=1S/C18H19FO3S/c1-3-22-17(20)11-12-23-18-14(8-6-10-16(18)21-2)13-7-4-5-9-15(13)19/h4-10H,3,11-12H2,1-2H3. The third kappa shape index (κ3) is 4.48. The van der Waals surface area contributed by atoms with Crippen LogP contribution in [0.25, 0.3) is 11.1 Å². The molecule has 0 aliphatic carbocycles. The van der Waals surface area contributed by atoms with Gasteiger partial charge in [0.15, 0.2) is 0 Å². The molecule has 3 nitrogen and oxygen atoms in total. The van der Waals surface area contributed by atoms with Crippen molar-refractivity contribution in [3.05, 3.63) is 48.3 Å². The Morgan fingerprint density at radius 2 is 1.87 bits per heavy atom. The van der Waals surface area contributed by atoms with E-state index in [1.54, 1.807) is 32.2 Å². The van der Waals surface area contributed by atoms with E-state index >= 15 is 0 Å². The van der Waals surface area contributed by atoms with Crippen LogP contribution in [0.2, 0.25) is 0 Å². The average molecular weight is 334 g/mol. The Labute approximate surface area is 139 Å². The second-order valence-corrected chi connectivity index (χ2v) is 5.83. The molecule has 0 aliphatic rings. The van der Waals surface area contributed by atoms with Crippen molar-refractivity contribution in [2.45, 2.75) is 18.2 Å². The zero-order valence-electron chi connectivity index (χ0n) is 13.2. The number of esters is 1. The number of thioether (sulfide) groups is 1. The van der Waals surface area contributed by atoms with Gasteiger partial charge in [-0.05, 0) is 19.1 Å². The highest BCUT2D eigenvalue weighted by Crippen LogP contribution is 2.39. The number of rotatable bonds is 7. The van der Waals surface area contributed by atoms with Crippen LogP contribution in [0.5, 0.6) is 5.75 Å². The van der Waals surface area contributed by atoms with Crippen molar-refractivity contribution in [3.8, 4) is 16.9 Å². The van der Waals surface area contributed by atoms with Gasteiger partial charge in [-0.25, -0.2) is 4.39 Å². The second-order valence-electron chi connectivity index (χ2n) is 4.72. The average Bonchev–Trinajstić information content (AvgIpc) is 2.56. The number of carbonyl (C=O) groups is 1. The zero-order valence-corrected chi connectivity index (χ0v) is 14.0. The van der Waals surface area contributed by atoms with Crippen molar-refractivity contribution in [1.29, 1.82) is 0 Å². The predicted molar refractivity (Wildman–Crippen MR) is 90.4 cm³/mol. The summed E-state index contributed by atoms with van der Waals surface area (Å²) in [6, 6.07) is 12.1. The lowest BCUT2D eigenvalue weighted by Gasteiger charge is -2.14. The molecule has 0 heterocycles. The molecule has 0 fully saturated rings. The van der Waals surface area contributed by atoms with Gasteiger partial charge in [0.2, 0.25) is 0 Å². The molecule has 0 spiro atoms. The lowest BCUT2D eigenvalue weighted by atomic mass is 10.0. The molecule has 0 saturated carbocycles. The Kier molecular flexibility index (Phi) is 6.47. The fourth-order valence-electron chi connectivity index (χ4n) is 2.19. The molecule has 122 valence electrons. The van der Waals surface area contributed by atoms with Crippen LogP contribution in [-0.2, 0) is 9.53 Å². The first-order valence-electron chi connectivity index (χ1n) is 7.37. The van der Waals surface area contributed by atoms with Crippen molar-refractivity contribution in [2.75, 3.05) is 19.5 Å².